The molecule has 19 heavy (non-hydrogen) atoms. The van der Waals surface area contributed by atoms with E-state index in [0.29, 0.717) is 12.3 Å². The second-order valence-corrected chi connectivity index (χ2v) is 5.43. The molecule has 0 radical (unpaired) electrons. The second-order valence-electron chi connectivity index (χ2n) is 5.05. The summed E-state index contributed by atoms with van der Waals surface area (Å²) in [4.78, 5) is 27.6. The molecule has 0 amide bonds. The van der Waals surface area contributed by atoms with Crippen molar-refractivity contribution >= 4 is 11.6 Å². The first-order valence-electron chi connectivity index (χ1n) is 6.35. The summed E-state index contributed by atoms with van der Waals surface area (Å²) in [6, 6.07) is 0. The first-order chi connectivity index (χ1) is 8.99. The van der Waals surface area contributed by atoms with E-state index in [9.17, 15) is 14.0 Å². The molecule has 1 N–H and O–H groups in total. The van der Waals surface area contributed by atoms with Gasteiger partial charge in [0.25, 0.3) is 5.56 Å². The fourth-order valence-corrected chi connectivity index (χ4v) is 2.55. The molecule has 0 aromatic carbocycles. The van der Waals surface area contributed by atoms with Gasteiger partial charge in [0, 0.05) is 6.54 Å². The van der Waals surface area contributed by atoms with Crippen LogP contribution >= 0.6 is 11.6 Å². The normalized spacial score (nSPS) is 17.8. The van der Waals surface area contributed by atoms with E-state index in [0.717, 1.165) is 30.5 Å². The van der Waals surface area contributed by atoms with Crippen LogP contribution in [0.25, 0.3) is 0 Å². The van der Waals surface area contributed by atoms with Gasteiger partial charge in [-0.1, -0.05) is 11.6 Å². The van der Waals surface area contributed by atoms with E-state index in [1.807, 2.05) is 0 Å². The number of halogens is 2. The third-order valence-electron chi connectivity index (χ3n) is 3.69. The number of hydrogen-bond acceptors (Lipinski definition) is 3. The molecule has 7 heteroatoms. The Morgan fingerprint density at radius 1 is 1.37 bits per heavy atom. The molecule has 1 saturated heterocycles. The summed E-state index contributed by atoms with van der Waals surface area (Å²) in [5.41, 5.74) is -1.59. The van der Waals surface area contributed by atoms with Gasteiger partial charge in [0.2, 0.25) is 5.82 Å². The van der Waals surface area contributed by atoms with Gasteiger partial charge < -0.3 is 4.90 Å². The summed E-state index contributed by atoms with van der Waals surface area (Å²) in [5, 5.41) is -0.523. The number of nitrogens with zero attached hydrogens (tertiary/aromatic N) is 2. The van der Waals surface area contributed by atoms with Crippen LogP contribution in [0.1, 0.15) is 19.3 Å². The van der Waals surface area contributed by atoms with Crippen LogP contribution in [0.15, 0.2) is 9.59 Å². The molecule has 0 bridgehead atoms. The van der Waals surface area contributed by atoms with Crippen molar-refractivity contribution in [2.45, 2.75) is 25.8 Å². The summed E-state index contributed by atoms with van der Waals surface area (Å²) < 4.78 is 14.2. The van der Waals surface area contributed by atoms with Crippen LogP contribution in [0.5, 0.6) is 0 Å². The van der Waals surface area contributed by atoms with Gasteiger partial charge in [0.05, 0.1) is 0 Å². The van der Waals surface area contributed by atoms with Gasteiger partial charge in [-0.2, -0.15) is 4.39 Å². The Morgan fingerprint density at radius 2 is 2.00 bits per heavy atom. The molecule has 0 spiro atoms. The van der Waals surface area contributed by atoms with Gasteiger partial charge >= 0.3 is 5.69 Å². The second kappa shape index (κ2) is 5.88. The zero-order chi connectivity index (χ0) is 14.0. The number of piperidine rings is 1. The number of aromatic nitrogens is 2. The predicted octanol–water partition coefficient (Wildman–Crippen LogP) is 1.06. The predicted molar refractivity (Wildman–Crippen MR) is 71.1 cm³/mol. The van der Waals surface area contributed by atoms with Crippen LogP contribution in [0.3, 0.4) is 0 Å². The maximum atomic E-state index is 13.3. The smallest absolute Gasteiger partial charge is 0.306 e. The van der Waals surface area contributed by atoms with E-state index in [1.54, 1.807) is 0 Å². The number of nitrogens with one attached hydrogen (secondary N) is 1. The highest BCUT2D eigenvalue weighted by molar-refractivity contribution is 6.29. The molecular weight excluding hydrogens is 273 g/mol. The number of likely N-dealkylation sites (tertiary alicyclic amines) is 1. The molecule has 106 valence electrons. The molecule has 0 saturated carbocycles. The van der Waals surface area contributed by atoms with Crippen molar-refractivity contribution in [2.75, 3.05) is 20.1 Å². The number of rotatable bonds is 3. The summed E-state index contributed by atoms with van der Waals surface area (Å²) in [7, 11) is 2.07. The van der Waals surface area contributed by atoms with Crippen molar-refractivity contribution in [1.82, 2.24) is 14.5 Å². The molecule has 1 aromatic heterocycles. The fourth-order valence-electron chi connectivity index (χ4n) is 2.39. The summed E-state index contributed by atoms with van der Waals surface area (Å²) >= 11 is 5.41. The Balaban J connectivity index is 2.06. The first-order valence-corrected chi connectivity index (χ1v) is 6.73. The molecule has 0 unspecified atom stereocenters. The van der Waals surface area contributed by atoms with Crippen molar-refractivity contribution in [3.05, 3.63) is 31.8 Å². The van der Waals surface area contributed by atoms with Gasteiger partial charge in [0.15, 0.2) is 5.15 Å². The summed E-state index contributed by atoms with van der Waals surface area (Å²) in [5.74, 6) is -0.620. The maximum absolute atomic E-state index is 13.3. The molecule has 1 aromatic rings. The highest BCUT2D eigenvalue weighted by Gasteiger charge is 2.18. The fraction of sp³-hybridized carbons (Fsp3) is 0.667. The monoisotopic (exact) mass is 289 g/mol. The summed E-state index contributed by atoms with van der Waals surface area (Å²) in [6.45, 7) is 2.27. The molecule has 2 heterocycles. The molecule has 1 aliphatic heterocycles. The van der Waals surface area contributed by atoms with Crippen LogP contribution in [-0.4, -0.2) is 34.6 Å². The van der Waals surface area contributed by atoms with Gasteiger partial charge in [-0.15, -0.1) is 0 Å². The lowest BCUT2D eigenvalue weighted by atomic mass is 9.94. The lowest BCUT2D eigenvalue weighted by Crippen LogP contribution is -2.38. The molecule has 5 nitrogen and oxygen atoms in total. The topological polar surface area (TPSA) is 58.1 Å². The van der Waals surface area contributed by atoms with Crippen LogP contribution < -0.4 is 11.2 Å². The Labute approximate surface area is 115 Å². The number of hydrogen-bond donors (Lipinski definition) is 1. The van der Waals surface area contributed by atoms with Gasteiger partial charge in [-0.25, -0.2) is 4.79 Å². The van der Waals surface area contributed by atoms with Crippen molar-refractivity contribution in [3.8, 4) is 0 Å². The number of aromatic amines is 1. The van der Waals surface area contributed by atoms with Gasteiger partial charge in [0.1, 0.15) is 0 Å². The molecule has 1 fully saturated rings. The van der Waals surface area contributed by atoms with E-state index in [1.165, 1.54) is 0 Å². The lowest BCUT2D eigenvalue weighted by molar-refractivity contribution is 0.207. The van der Waals surface area contributed by atoms with Crippen molar-refractivity contribution in [2.24, 2.45) is 5.92 Å². The largest absolute Gasteiger partial charge is 0.329 e. The number of H-pyrrole nitrogens is 1. The molecule has 2 rings (SSSR count). The molecular formula is C12H17ClFN3O2. The van der Waals surface area contributed by atoms with E-state index in [4.69, 9.17) is 11.6 Å². The third kappa shape index (κ3) is 3.25. The van der Waals surface area contributed by atoms with Crippen LogP contribution in [0.4, 0.5) is 4.39 Å². The standard InChI is InChI=1S/C12H17ClFN3O2/c1-16-5-2-8(3-6-16)4-7-17-11(18)9(14)10(13)15-12(17)19/h8H,2-7H2,1H3,(H,15,19). The highest BCUT2D eigenvalue weighted by atomic mass is 35.5. The average molecular weight is 290 g/mol. The quantitative estimate of drug-likeness (QED) is 0.847. The highest BCUT2D eigenvalue weighted by Crippen LogP contribution is 2.19. The minimum absolute atomic E-state index is 0.233. The minimum atomic E-state index is -1.09. The van der Waals surface area contributed by atoms with E-state index in [2.05, 4.69) is 16.9 Å². The summed E-state index contributed by atoms with van der Waals surface area (Å²) in [6.07, 6.45) is 2.79. The van der Waals surface area contributed by atoms with E-state index >= 15 is 0 Å². The van der Waals surface area contributed by atoms with Gasteiger partial charge in [-0.05, 0) is 45.3 Å². The Kier molecular flexibility index (Phi) is 4.42. The van der Waals surface area contributed by atoms with E-state index in [-0.39, 0.29) is 6.54 Å². The van der Waals surface area contributed by atoms with Crippen molar-refractivity contribution in [1.29, 1.82) is 0 Å². The lowest BCUT2D eigenvalue weighted by Gasteiger charge is -2.28. The van der Waals surface area contributed by atoms with Crippen LogP contribution in [-0.2, 0) is 6.54 Å². The van der Waals surface area contributed by atoms with Gasteiger partial charge in [-0.3, -0.25) is 14.3 Å². The third-order valence-corrected chi connectivity index (χ3v) is 3.95. The zero-order valence-corrected chi connectivity index (χ0v) is 11.5. The Hall–Kier alpha value is -1.14. The molecule has 1 aliphatic rings. The van der Waals surface area contributed by atoms with Crippen LogP contribution in [0, 0.1) is 11.7 Å². The first kappa shape index (κ1) is 14.3. The minimum Gasteiger partial charge on any atom is -0.306 e. The van der Waals surface area contributed by atoms with Crippen molar-refractivity contribution in [3.63, 3.8) is 0 Å². The molecule has 0 aliphatic carbocycles. The average Bonchev–Trinajstić information content (AvgIpc) is 2.38. The maximum Gasteiger partial charge on any atom is 0.329 e. The SMILES string of the molecule is CN1CCC(CCn2c(=O)[nH]c(Cl)c(F)c2=O)CC1. The van der Waals surface area contributed by atoms with E-state index < -0.39 is 22.2 Å². The molecule has 0 atom stereocenters. The zero-order valence-electron chi connectivity index (χ0n) is 10.8. The Morgan fingerprint density at radius 3 is 2.63 bits per heavy atom. The van der Waals surface area contributed by atoms with Crippen LogP contribution in [0.2, 0.25) is 5.15 Å². The Bertz CT molecular complexity index is 561. The van der Waals surface area contributed by atoms with Crippen molar-refractivity contribution < 1.29 is 4.39 Å².